The van der Waals surface area contributed by atoms with Crippen molar-refractivity contribution in [2.45, 2.75) is 6.54 Å². The Balaban J connectivity index is 1.80. The first kappa shape index (κ1) is 13.4. The van der Waals surface area contributed by atoms with Crippen LogP contribution in [-0.4, -0.2) is 22.8 Å². The van der Waals surface area contributed by atoms with Gasteiger partial charge in [-0.25, -0.2) is 4.39 Å². The van der Waals surface area contributed by atoms with Gasteiger partial charge in [0.05, 0.1) is 0 Å². The summed E-state index contributed by atoms with van der Waals surface area (Å²) < 4.78 is 13.2. The molecule has 1 aromatic heterocycles. The Labute approximate surface area is 122 Å². The third-order valence-corrected chi connectivity index (χ3v) is 3.46. The lowest BCUT2D eigenvalue weighted by Gasteiger charge is -2.17. The number of hydrogen-bond acceptors (Lipinski definition) is 1. The van der Waals surface area contributed by atoms with E-state index in [2.05, 4.69) is 4.98 Å². The summed E-state index contributed by atoms with van der Waals surface area (Å²) >= 11 is 0. The SMILES string of the molecule is CN(Cc1cccc(F)c1)C(=O)c1ccc2[nH]ccc2c1. The highest BCUT2D eigenvalue weighted by Crippen LogP contribution is 2.16. The van der Waals surface area contributed by atoms with Gasteiger partial charge in [0.1, 0.15) is 5.82 Å². The third-order valence-electron chi connectivity index (χ3n) is 3.46. The van der Waals surface area contributed by atoms with Crippen molar-refractivity contribution < 1.29 is 9.18 Å². The maximum absolute atomic E-state index is 13.2. The lowest BCUT2D eigenvalue weighted by atomic mass is 10.1. The zero-order chi connectivity index (χ0) is 14.8. The Morgan fingerprint density at radius 3 is 2.86 bits per heavy atom. The van der Waals surface area contributed by atoms with Crippen LogP contribution in [0.25, 0.3) is 10.9 Å². The second kappa shape index (κ2) is 5.40. The average molecular weight is 282 g/mol. The summed E-state index contributed by atoms with van der Waals surface area (Å²) in [5.74, 6) is -0.371. The molecule has 0 spiro atoms. The number of aromatic nitrogens is 1. The van der Waals surface area contributed by atoms with E-state index in [0.717, 1.165) is 16.5 Å². The van der Waals surface area contributed by atoms with Gasteiger partial charge in [-0.05, 0) is 42.0 Å². The van der Waals surface area contributed by atoms with E-state index in [1.165, 1.54) is 12.1 Å². The Kier molecular flexibility index (Phi) is 3.44. The van der Waals surface area contributed by atoms with Gasteiger partial charge in [-0.1, -0.05) is 12.1 Å². The van der Waals surface area contributed by atoms with Gasteiger partial charge < -0.3 is 9.88 Å². The molecule has 0 fully saturated rings. The van der Waals surface area contributed by atoms with Crippen molar-refractivity contribution in [2.24, 2.45) is 0 Å². The first-order chi connectivity index (χ1) is 10.1. The van der Waals surface area contributed by atoms with E-state index in [9.17, 15) is 9.18 Å². The van der Waals surface area contributed by atoms with Crippen LogP contribution in [0.2, 0.25) is 0 Å². The van der Waals surface area contributed by atoms with Crippen LogP contribution in [0.1, 0.15) is 15.9 Å². The van der Waals surface area contributed by atoms with Crippen molar-refractivity contribution in [2.75, 3.05) is 7.05 Å². The van der Waals surface area contributed by atoms with Crippen molar-refractivity contribution in [1.29, 1.82) is 0 Å². The Hall–Kier alpha value is -2.62. The third kappa shape index (κ3) is 2.79. The molecule has 1 amide bonds. The molecule has 0 aliphatic carbocycles. The van der Waals surface area contributed by atoms with Crippen molar-refractivity contribution in [1.82, 2.24) is 9.88 Å². The maximum Gasteiger partial charge on any atom is 0.253 e. The van der Waals surface area contributed by atoms with Gasteiger partial charge in [0.15, 0.2) is 0 Å². The Morgan fingerprint density at radius 1 is 1.19 bits per heavy atom. The van der Waals surface area contributed by atoms with E-state index in [4.69, 9.17) is 0 Å². The molecule has 0 bridgehead atoms. The molecule has 0 atom stereocenters. The molecule has 3 rings (SSSR count). The molecule has 21 heavy (non-hydrogen) atoms. The van der Waals surface area contributed by atoms with Crippen LogP contribution in [0.5, 0.6) is 0 Å². The highest BCUT2D eigenvalue weighted by atomic mass is 19.1. The average Bonchev–Trinajstić information content (AvgIpc) is 2.93. The van der Waals surface area contributed by atoms with Gasteiger partial charge in [-0.2, -0.15) is 0 Å². The summed E-state index contributed by atoms with van der Waals surface area (Å²) in [7, 11) is 1.72. The molecular weight excluding hydrogens is 267 g/mol. The zero-order valence-corrected chi connectivity index (χ0v) is 11.6. The highest BCUT2D eigenvalue weighted by molar-refractivity contribution is 5.97. The molecule has 106 valence electrons. The van der Waals surface area contributed by atoms with Gasteiger partial charge in [0, 0.05) is 36.3 Å². The van der Waals surface area contributed by atoms with Crippen LogP contribution in [0.3, 0.4) is 0 Å². The number of carbonyl (C=O) groups is 1. The fourth-order valence-electron chi connectivity index (χ4n) is 2.39. The fraction of sp³-hybridized carbons (Fsp3) is 0.118. The number of hydrogen-bond donors (Lipinski definition) is 1. The predicted molar refractivity (Wildman–Crippen MR) is 80.5 cm³/mol. The van der Waals surface area contributed by atoms with Gasteiger partial charge in [-0.15, -0.1) is 0 Å². The van der Waals surface area contributed by atoms with Crippen molar-refractivity contribution >= 4 is 16.8 Å². The van der Waals surface area contributed by atoms with Crippen LogP contribution in [-0.2, 0) is 6.54 Å². The van der Waals surface area contributed by atoms with E-state index in [-0.39, 0.29) is 11.7 Å². The smallest absolute Gasteiger partial charge is 0.253 e. The predicted octanol–water partition coefficient (Wildman–Crippen LogP) is 3.58. The number of fused-ring (bicyclic) bond motifs is 1. The molecule has 2 aromatic carbocycles. The summed E-state index contributed by atoms with van der Waals surface area (Å²) in [6, 6.07) is 13.8. The molecule has 0 radical (unpaired) electrons. The molecule has 0 unspecified atom stereocenters. The molecule has 0 saturated carbocycles. The summed E-state index contributed by atoms with van der Waals surface area (Å²) in [5.41, 5.74) is 2.40. The van der Waals surface area contributed by atoms with Crippen molar-refractivity contribution in [3.8, 4) is 0 Å². The molecule has 3 aromatic rings. The number of H-pyrrole nitrogens is 1. The highest BCUT2D eigenvalue weighted by Gasteiger charge is 2.13. The number of carbonyl (C=O) groups excluding carboxylic acids is 1. The van der Waals surface area contributed by atoms with Crippen LogP contribution < -0.4 is 0 Å². The Morgan fingerprint density at radius 2 is 2.05 bits per heavy atom. The second-order valence-electron chi connectivity index (χ2n) is 5.07. The van der Waals surface area contributed by atoms with Gasteiger partial charge >= 0.3 is 0 Å². The second-order valence-corrected chi connectivity index (χ2v) is 5.07. The number of nitrogens with one attached hydrogen (secondary N) is 1. The summed E-state index contributed by atoms with van der Waals surface area (Å²) in [6.07, 6.45) is 1.84. The lowest BCUT2D eigenvalue weighted by Crippen LogP contribution is -2.26. The summed E-state index contributed by atoms with van der Waals surface area (Å²) in [4.78, 5) is 17.1. The number of rotatable bonds is 3. The van der Waals surface area contributed by atoms with E-state index in [1.807, 2.05) is 30.5 Å². The topological polar surface area (TPSA) is 36.1 Å². The van der Waals surface area contributed by atoms with E-state index < -0.39 is 0 Å². The first-order valence-corrected chi connectivity index (χ1v) is 6.70. The molecule has 0 saturated heterocycles. The molecule has 0 aliphatic rings. The first-order valence-electron chi connectivity index (χ1n) is 6.70. The van der Waals surface area contributed by atoms with Crippen LogP contribution in [0.15, 0.2) is 54.7 Å². The van der Waals surface area contributed by atoms with Crippen LogP contribution in [0.4, 0.5) is 4.39 Å². The number of amides is 1. The quantitative estimate of drug-likeness (QED) is 0.783. The van der Waals surface area contributed by atoms with Crippen molar-refractivity contribution in [3.05, 3.63) is 71.7 Å². The number of benzene rings is 2. The van der Waals surface area contributed by atoms with Gasteiger partial charge in [0.25, 0.3) is 5.91 Å². The minimum absolute atomic E-state index is 0.0811. The number of nitrogens with zero attached hydrogens (tertiary/aromatic N) is 1. The minimum atomic E-state index is -0.290. The normalized spacial score (nSPS) is 10.8. The molecular formula is C17H15FN2O. The molecule has 4 heteroatoms. The summed E-state index contributed by atoms with van der Waals surface area (Å²) in [5, 5.41) is 1.00. The molecule has 0 aliphatic heterocycles. The standard InChI is InChI=1S/C17H15FN2O/c1-20(11-12-3-2-4-15(18)9-12)17(21)14-5-6-16-13(10-14)7-8-19-16/h2-10,19H,11H2,1H3. The van der Waals surface area contributed by atoms with E-state index in [1.54, 1.807) is 24.1 Å². The van der Waals surface area contributed by atoms with E-state index >= 15 is 0 Å². The minimum Gasteiger partial charge on any atom is -0.361 e. The monoisotopic (exact) mass is 282 g/mol. The van der Waals surface area contributed by atoms with Gasteiger partial charge in [0.2, 0.25) is 0 Å². The van der Waals surface area contributed by atoms with Crippen LogP contribution in [0, 0.1) is 5.82 Å². The van der Waals surface area contributed by atoms with Crippen molar-refractivity contribution in [3.63, 3.8) is 0 Å². The van der Waals surface area contributed by atoms with Crippen LogP contribution >= 0.6 is 0 Å². The molecule has 1 heterocycles. The number of aromatic amines is 1. The molecule has 3 nitrogen and oxygen atoms in total. The van der Waals surface area contributed by atoms with E-state index in [0.29, 0.717) is 12.1 Å². The molecule has 1 N–H and O–H groups in total. The largest absolute Gasteiger partial charge is 0.361 e. The lowest BCUT2D eigenvalue weighted by molar-refractivity contribution is 0.0785. The van der Waals surface area contributed by atoms with Gasteiger partial charge in [-0.3, -0.25) is 4.79 Å². The summed E-state index contributed by atoms with van der Waals surface area (Å²) in [6.45, 7) is 0.377. The zero-order valence-electron chi connectivity index (χ0n) is 11.6. The Bertz CT molecular complexity index is 794. The fourth-order valence-corrected chi connectivity index (χ4v) is 2.39. The number of halogens is 1. The maximum atomic E-state index is 13.2.